The Hall–Kier alpha value is -2.45. The molecule has 3 aromatic rings. The lowest BCUT2D eigenvalue weighted by atomic mass is 10.1. The molecule has 5 rings (SSSR count). The summed E-state index contributed by atoms with van der Waals surface area (Å²) >= 11 is 2.97. The number of thioether (sulfide) groups is 1. The second-order valence-corrected chi connectivity index (χ2v) is 10.3. The topological polar surface area (TPSA) is 72.3 Å². The van der Waals surface area contributed by atoms with Crippen molar-refractivity contribution in [1.82, 2.24) is 9.55 Å². The Morgan fingerprint density at radius 1 is 1.12 bits per heavy atom. The molecule has 0 bridgehead atoms. The lowest BCUT2D eigenvalue weighted by Gasteiger charge is -2.15. The van der Waals surface area contributed by atoms with Gasteiger partial charge < -0.3 is 4.90 Å². The van der Waals surface area contributed by atoms with Crippen molar-refractivity contribution in [1.29, 1.82) is 0 Å². The summed E-state index contributed by atoms with van der Waals surface area (Å²) in [5.74, 6) is 0.337. The number of benzene rings is 1. The third-order valence-corrected chi connectivity index (χ3v) is 8.31. The fraction of sp³-hybridized carbons (Fsp3) is 0.417. The normalized spacial score (nSPS) is 15.7. The summed E-state index contributed by atoms with van der Waals surface area (Å²) in [4.78, 5) is 46.7. The average Bonchev–Trinajstić information content (AvgIpc) is 3.50. The zero-order valence-electron chi connectivity index (χ0n) is 18.1. The van der Waals surface area contributed by atoms with E-state index in [0.29, 0.717) is 23.7 Å². The first kappa shape index (κ1) is 21.4. The first-order valence-electron chi connectivity index (χ1n) is 11.2. The molecule has 166 valence electrons. The molecular weight excluding hydrogens is 442 g/mol. The van der Waals surface area contributed by atoms with E-state index in [1.807, 2.05) is 19.1 Å². The number of nitrogens with zero attached hydrogens (tertiary/aromatic N) is 3. The smallest absolute Gasteiger partial charge is 0.263 e. The number of fused-ring (bicyclic) bond motifs is 3. The number of anilines is 1. The van der Waals surface area contributed by atoms with Crippen molar-refractivity contribution < 1.29 is 9.59 Å². The molecule has 6 nitrogen and oxygen atoms in total. The van der Waals surface area contributed by atoms with Crippen LogP contribution in [-0.4, -0.2) is 33.5 Å². The number of amides is 1. The predicted molar refractivity (Wildman–Crippen MR) is 129 cm³/mol. The molecule has 2 aliphatic rings. The minimum atomic E-state index is -0.0135. The van der Waals surface area contributed by atoms with Gasteiger partial charge in [-0.2, -0.15) is 0 Å². The maximum atomic E-state index is 13.3. The molecule has 1 saturated heterocycles. The zero-order chi connectivity index (χ0) is 22.2. The van der Waals surface area contributed by atoms with Crippen molar-refractivity contribution in [3.05, 3.63) is 50.6 Å². The quantitative estimate of drug-likeness (QED) is 0.291. The van der Waals surface area contributed by atoms with Gasteiger partial charge in [-0.3, -0.25) is 19.0 Å². The van der Waals surface area contributed by atoms with Gasteiger partial charge in [0, 0.05) is 35.6 Å². The molecule has 0 atom stereocenters. The molecule has 0 saturated carbocycles. The lowest BCUT2D eigenvalue weighted by Crippen LogP contribution is -2.24. The largest absolute Gasteiger partial charge is 0.312 e. The molecule has 2 aromatic heterocycles. The van der Waals surface area contributed by atoms with Gasteiger partial charge in [-0.1, -0.05) is 18.7 Å². The summed E-state index contributed by atoms with van der Waals surface area (Å²) in [6.07, 6.45) is 5.39. The number of aryl methyl sites for hydroxylation is 2. The van der Waals surface area contributed by atoms with Crippen LogP contribution in [0.3, 0.4) is 0 Å². The first-order chi connectivity index (χ1) is 15.6. The number of hydrogen-bond acceptors (Lipinski definition) is 6. The van der Waals surface area contributed by atoms with Crippen LogP contribution in [0.2, 0.25) is 0 Å². The molecule has 8 heteroatoms. The summed E-state index contributed by atoms with van der Waals surface area (Å²) in [6.45, 7) is 3.37. The molecule has 0 unspecified atom stereocenters. The molecule has 32 heavy (non-hydrogen) atoms. The van der Waals surface area contributed by atoms with E-state index in [0.717, 1.165) is 54.6 Å². The van der Waals surface area contributed by atoms with E-state index in [9.17, 15) is 14.4 Å². The molecule has 0 radical (unpaired) electrons. The Kier molecular flexibility index (Phi) is 5.90. The minimum absolute atomic E-state index is 0.0135. The van der Waals surface area contributed by atoms with E-state index < -0.39 is 0 Å². The third kappa shape index (κ3) is 3.79. The van der Waals surface area contributed by atoms with E-state index in [-0.39, 0.29) is 23.0 Å². The number of aromatic nitrogens is 2. The molecule has 1 amide bonds. The zero-order valence-corrected chi connectivity index (χ0v) is 19.7. The Morgan fingerprint density at radius 3 is 2.66 bits per heavy atom. The monoisotopic (exact) mass is 467 g/mol. The summed E-state index contributed by atoms with van der Waals surface area (Å²) in [5, 5.41) is 1.41. The second kappa shape index (κ2) is 8.83. The van der Waals surface area contributed by atoms with Gasteiger partial charge >= 0.3 is 0 Å². The van der Waals surface area contributed by atoms with Crippen LogP contribution in [0.1, 0.15) is 53.4 Å². The minimum Gasteiger partial charge on any atom is -0.312 e. The summed E-state index contributed by atoms with van der Waals surface area (Å²) in [6, 6.07) is 7.24. The van der Waals surface area contributed by atoms with Crippen molar-refractivity contribution >= 4 is 50.7 Å². The molecule has 1 fully saturated rings. The maximum Gasteiger partial charge on any atom is 0.263 e. The average molecular weight is 468 g/mol. The summed E-state index contributed by atoms with van der Waals surface area (Å²) in [7, 11) is 0. The SMILES string of the molecule is CCCn1c(SCC(=O)c2ccc(N3CCCC3=O)cc2)nc2sc3c(c2c1=O)CCC3. The first-order valence-corrected chi connectivity index (χ1v) is 13.0. The Labute approximate surface area is 194 Å². The Bertz CT molecular complexity index is 1260. The number of Topliss-reactive ketones (excluding diaryl/α,β-unsaturated/α-hetero) is 1. The number of rotatable bonds is 7. The highest BCUT2D eigenvalue weighted by Gasteiger charge is 2.24. The van der Waals surface area contributed by atoms with Gasteiger partial charge in [-0.25, -0.2) is 4.98 Å². The number of carbonyl (C=O) groups is 2. The van der Waals surface area contributed by atoms with Crippen LogP contribution in [0.25, 0.3) is 10.2 Å². The fourth-order valence-corrected chi connectivity index (χ4v) is 6.77. The maximum absolute atomic E-state index is 13.3. The van der Waals surface area contributed by atoms with E-state index in [2.05, 4.69) is 0 Å². The number of carbonyl (C=O) groups excluding carboxylic acids is 2. The van der Waals surface area contributed by atoms with Crippen LogP contribution >= 0.6 is 23.1 Å². The highest BCUT2D eigenvalue weighted by atomic mass is 32.2. The van der Waals surface area contributed by atoms with Gasteiger partial charge in [0.15, 0.2) is 10.9 Å². The van der Waals surface area contributed by atoms with Crippen LogP contribution in [0.4, 0.5) is 5.69 Å². The number of ketones is 1. The molecular formula is C24H25N3O3S2. The molecule has 1 aromatic carbocycles. The number of thiophene rings is 1. The van der Waals surface area contributed by atoms with Crippen LogP contribution in [0.5, 0.6) is 0 Å². The predicted octanol–water partition coefficient (Wildman–Crippen LogP) is 4.46. The van der Waals surface area contributed by atoms with Crippen molar-refractivity contribution in [3.8, 4) is 0 Å². The summed E-state index contributed by atoms with van der Waals surface area (Å²) in [5.41, 5.74) is 2.67. The highest BCUT2D eigenvalue weighted by molar-refractivity contribution is 7.99. The van der Waals surface area contributed by atoms with E-state index in [1.54, 1.807) is 32.9 Å². The van der Waals surface area contributed by atoms with E-state index in [1.165, 1.54) is 22.2 Å². The van der Waals surface area contributed by atoms with Gasteiger partial charge in [0.05, 0.1) is 11.1 Å². The van der Waals surface area contributed by atoms with Crippen molar-refractivity contribution in [2.75, 3.05) is 17.2 Å². The van der Waals surface area contributed by atoms with E-state index >= 15 is 0 Å². The molecule has 3 heterocycles. The van der Waals surface area contributed by atoms with Gasteiger partial charge in [-0.05, 0) is 61.9 Å². The van der Waals surface area contributed by atoms with Gasteiger partial charge in [0.1, 0.15) is 4.83 Å². The van der Waals surface area contributed by atoms with Crippen molar-refractivity contribution in [2.24, 2.45) is 0 Å². The molecule has 0 spiro atoms. The van der Waals surface area contributed by atoms with Gasteiger partial charge in [0.2, 0.25) is 5.91 Å². The van der Waals surface area contributed by atoms with Crippen molar-refractivity contribution in [2.45, 2.75) is 57.1 Å². The summed E-state index contributed by atoms with van der Waals surface area (Å²) < 4.78 is 1.74. The van der Waals surface area contributed by atoms with Crippen LogP contribution in [-0.2, 0) is 24.2 Å². The molecule has 0 N–H and O–H groups in total. The lowest BCUT2D eigenvalue weighted by molar-refractivity contribution is -0.117. The highest BCUT2D eigenvalue weighted by Crippen LogP contribution is 2.35. The second-order valence-electron chi connectivity index (χ2n) is 8.30. The van der Waals surface area contributed by atoms with Gasteiger partial charge in [0.25, 0.3) is 5.56 Å². The Balaban J connectivity index is 1.36. The third-order valence-electron chi connectivity index (χ3n) is 6.14. The molecule has 1 aliphatic carbocycles. The Morgan fingerprint density at radius 2 is 1.94 bits per heavy atom. The van der Waals surface area contributed by atoms with Crippen LogP contribution in [0.15, 0.2) is 34.2 Å². The van der Waals surface area contributed by atoms with E-state index in [4.69, 9.17) is 4.98 Å². The fourth-order valence-electron chi connectivity index (χ4n) is 4.55. The van der Waals surface area contributed by atoms with Crippen LogP contribution in [0, 0.1) is 0 Å². The molecule has 1 aliphatic heterocycles. The van der Waals surface area contributed by atoms with Crippen LogP contribution < -0.4 is 10.5 Å². The number of hydrogen-bond donors (Lipinski definition) is 0. The van der Waals surface area contributed by atoms with Crippen molar-refractivity contribution in [3.63, 3.8) is 0 Å². The standard InChI is InChI=1S/C24H25N3O3S2/c1-2-12-27-23(30)21-17-5-3-6-19(17)32-22(21)25-24(27)31-14-18(28)15-8-10-16(11-9-15)26-13-4-7-20(26)29/h8-11H,2-7,12-14H2,1H3. The van der Waals surface area contributed by atoms with Gasteiger partial charge in [-0.15, -0.1) is 11.3 Å².